The Morgan fingerprint density at radius 1 is 1.10 bits per heavy atom. The predicted octanol–water partition coefficient (Wildman–Crippen LogP) is 6.89. The largest absolute Gasteiger partial charge is 0.207 e. The molecule has 4 saturated carbocycles. The van der Waals surface area contributed by atoms with Crippen LogP contribution in [0, 0.1) is 29.0 Å². The van der Waals surface area contributed by atoms with E-state index in [1.54, 1.807) is 6.07 Å². The van der Waals surface area contributed by atoms with E-state index in [9.17, 15) is 4.39 Å². The van der Waals surface area contributed by atoms with Crippen molar-refractivity contribution in [2.75, 3.05) is 0 Å². The van der Waals surface area contributed by atoms with Crippen LogP contribution in [-0.4, -0.2) is 0 Å². The fourth-order valence-electron chi connectivity index (χ4n) is 5.55. The van der Waals surface area contributed by atoms with E-state index in [-0.39, 0.29) is 16.1 Å². The fraction of sp³-hybridized carbons (Fsp3) is 0.647. The van der Waals surface area contributed by atoms with Gasteiger partial charge in [0, 0.05) is 14.9 Å². The SMILES string of the molecule is Fc1cc(Br)c(Cl)cc1C(Br)C12CC3CC(CC(C3)C1)C2. The molecule has 0 radical (unpaired) electrons. The van der Waals surface area contributed by atoms with Gasteiger partial charge in [0.05, 0.1) is 5.02 Å². The Bertz CT molecular complexity index is 551. The topological polar surface area (TPSA) is 0 Å². The van der Waals surface area contributed by atoms with E-state index in [0.717, 1.165) is 23.3 Å². The van der Waals surface area contributed by atoms with Gasteiger partial charge >= 0.3 is 0 Å². The first-order valence-electron chi connectivity index (χ1n) is 7.75. The number of rotatable bonds is 2. The van der Waals surface area contributed by atoms with Gasteiger partial charge in [-0.1, -0.05) is 27.5 Å². The van der Waals surface area contributed by atoms with Crippen LogP contribution in [-0.2, 0) is 0 Å². The van der Waals surface area contributed by atoms with Crippen LogP contribution < -0.4 is 0 Å². The van der Waals surface area contributed by atoms with Crippen molar-refractivity contribution in [3.63, 3.8) is 0 Å². The zero-order valence-electron chi connectivity index (χ0n) is 11.7. The van der Waals surface area contributed by atoms with Gasteiger partial charge in [0.1, 0.15) is 5.82 Å². The molecule has 21 heavy (non-hydrogen) atoms. The van der Waals surface area contributed by atoms with Gasteiger partial charge in [-0.05, 0) is 89.8 Å². The van der Waals surface area contributed by atoms with Crippen molar-refractivity contribution in [1.82, 2.24) is 0 Å². The number of hydrogen-bond donors (Lipinski definition) is 0. The fourth-order valence-corrected chi connectivity index (χ4v) is 6.95. The van der Waals surface area contributed by atoms with E-state index in [1.807, 2.05) is 0 Å². The number of benzene rings is 1. The summed E-state index contributed by atoms with van der Waals surface area (Å²) in [4.78, 5) is 0.0870. The summed E-state index contributed by atoms with van der Waals surface area (Å²) in [5, 5.41) is 0.598. The molecular formula is C17H18Br2ClF. The lowest BCUT2D eigenvalue weighted by molar-refractivity contribution is -0.0532. The first-order valence-corrected chi connectivity index (χ1v) is 9.84. The third kappa shape index (κ3) is 2.42. The normalized spacial score (nSPS) is 38.8. The van der Waals surface area contributed by atoms with Crippen molar-refractivity contribution < 1.29 is 4.39 Å². The second-order valence-corrected chi connectivity index (χ2v) is 9.61. The van der Waals surface area contributed by atoms with Gasteiger partial charge in [0.2, 0.25) is 0 Å². The van der Waals surface area contributed by atoms with Crippen LogP contribution in [0.2, 0.25) is 5.02 Å². The van der Waals surface area contributed by atoms with Crippen LogP contribution in [0.4, 0.5) is 4.39 Å². The zero-order valence-corrected chi connectivity index (χ0v) is 15.6. The molecule has 4 aliphatic carbocycles. The summed E-state index contributed by atoms with van der Waals surface area (Å²) >= 11 is 13.4. The summed E-state index contributed by atoms with van der Waals surface area (Å²) in [6.45, 7) is 0. The van der Waals surface area contributed by atoms with E-state index >= 15 is 0 Å². The number of halogens is 4. The van der Waals surface area contributed by atoms with E-state index in [1.165, 1.54) is 44.6 Å². The lowest BCUT2D eigenvalue weighted by Crippen LogP contribution is -2.47. The molecule has 0 saturated heterocycles. The molecule has 0 heterocycles. The van der Waals surface area contributed by atoms with Crippen molar-refractivity contribution in [1.29, 1.82) is 0 Å². The van der Waals surface area contributed by atoms with Crippen LogP contribution in [0.3, 0.4) is 0 Å². The summed E-state index contributed by atoms with van der Waals surface area (Å²) in [6.07, 6.45) is 7.97. The number of alkyl halides is 1. The minimum atomic E-state index is -0.149. The Balaban J connectivity index is 1.71. The molecule has 0 aliphatic heterocycles. The lowest BCUT2D eigenvalue weighted by Gasteiger charge is -2.58. The van der Waals surface area contributed by atoms with Crippen LogP contribution in [0.5, 0.6) is 0 Å². The minimum Gasteiger partial charge on any atom is -0.207 e. The van der Waals surface area contributed by atoms with Gasteiger partial charge in [-0.2, -0.15) is 0 Å². The first kappa shape index (κ1) is 15.0. The zero-order chi connectivity index (χ0) is 14.8. The summed E-state index contributed by atoms with van der Waals surface area (Å²) in [5.41, 5.74) is 0.984. The van der Waals surface area contributed by atoms with Gasteiger partial charge in [-0.15, -0.1) is 0 Å². The van der Waals surface area contributed by atoms with Crippen LogP contribution in [0.15, 0.2) is 16.6 Å². The lowest BCUT2D eigenvalue weighted by atomic mass is 9.48. The second-order valence-electron chi connectivity index (χ2n) is 7.43. The molecule has 0 aromatic heterocycles. The molecule has 5 rings (SSSR count). The molecule has 4 aliphatic rings. The molecule has 4 heteroatoms. The first-order chi connectivity index (χ1) is 9.97. The smallest absolute Gasteiger partial charge is 0.128 e. The van der Waals surface area contributed by atoms with E-state index in [2.05, 4.69) is 31.9 Å². The summed E-state index contributed by atoms with van der Waals surface area (Å²) < 4.78 is 15.1. The molecule has 0 spiro atoms. The van der Waals surface area contributed by atoms with Crippen molar-refractivity contribution in [3.8, 4) is 0 Å². The Labute approximate surface area is 147 Å². The summed E-state index contributed by atoms with van der Waals surface area (Å²) in [6, 6.07) is 3.31. The second kappa shape index (κ2) is 5.21. The Hall–Kier alpha value is 0.400. The van der Waals surface area contributed by atoms with Gasteiger partial charge in [0.25, 0.3) is 0 Å². The molecule has 0 amide bonds. The third-order valence-corrected chi connectivity index (χ3v) is 8.60. The average Bonchev–Trinajstić information content (AvgIpc) is 2.40. The molecule has 0 N–H and O–H groups in total. The number of hydrogen-bond acceptors (Lipinski definition) is 0. The Kier molecular flexibility index (Phi) is 3.71. The molecule has 4 bridgehead atoms. The van der Waals surface area contributed by atoms with E-state index < -0.39 is 0 Å². The standard InChI is InChI=1S/C17H18Br2ClF/c18-13-5-15(21)12(4-14(13)20)16(19)17-6-9-1-10(7-17)3-11(2-9)8-17/h4-5,9-11,16H,1-3,6-8H2. The quantitative estimate of drug-likeness (QED) is 0.350. The monoisotopic (exact) mass is 434 g/mol. The van der Waals surface area contributed by atoms with Crippen molar-refractivity contribution in [2.24, 2.45) is 23.2 Å². The molecule has 114 valence electrons. The van der Waals surface area contributed by atoms with Crippen molar-refractivity contribution in [3.05, 3.63) is 33.0 Å². The van der Waals surface area contributed by atoms with Crippen LogP contribution in [0.25, 0.3) is 0 Å². The van der Waals surface area contributed by atoms with E-state index in [0.29, 0.717) is 9.50 Å². The molecule has 1 unspecified atom stereocenters. The molecule has 4 fully saturated rings. The van der Waals surface area contributed by atoms with Gasteiger partial charge in [0.15, 0.2) is 0 Å². The van der Waals surface area contributed by atoms with Gasteiger partial charge in [-0.25, -0.2) is 4.39 Å². The molecule has 1 aromatic carbocycles. The molecular weight excluding hydrogens is 418 g/mol. The highest BCUT2D eigenvalue weighted by atomic mass is 79.9. The Morgan fingerprint density at radius 3 is 2.14 bits per heavy atom. The highest BCUT2D eigenvalue weighted by molar-refractivity contribution is 9.10. The van der Waals surface area contributed by atoms with Crippen molar-refractivity contribution >= 4 is 43.5 Å². The maximum Gasteiger partial charge on any atom is 0.128 e. The highest BCUT2D eigenvalue weighted by Gasteiger charge is 2.54. The highest BCUT2D eigenvalue weighted by Crippen LogP contribution is 2.66. The average molecular weight is 437 g/mol. The summed E-state index contributed by atoms with van der Waals surface area (Å²) in [5.74, 6) is 2.45. The van der Waals surface area contributed by atoms with Crippen molar-refractivity contribution in [2.45, 2.75) is 43.4 Å². The van der Waals surface area contributed by atoms with Crippen LogP contribution >= 0.6 is 43.5 Å². The molecule has 1 aromatic rings. The predicted molar refractivity (Wildman–Crippen MR) is 91.4 cm³/mol. The van der Waals surface area contributed by atoms with E-state index in [4.69, 9.17) is 11.6 Å². The maximum atomic E-state index is 14.4. The van der Waals surface area contributed by atoms with Gasteiger partial charge in [-0.3, -0.25) is 0 Å². The Morgan fingerprint density at radius 2 is 1.62 bits per heavy atom. The molecule has 1 atom stereocenters. The minimum absolute atomic E-state index is 0.0870. The van der Waals surface area contributed by atoms with Gasteiger partial charge < -0.3 is 0 Å². The third-order valence-electron chi connectivity index (χ3n) is 5.94. The summed E-state index contributed by atoms with van der Waals surface area (Å²) in [7, 11) is 0. The van der Waals surface area contributed by atoms with Crippen LogP contribution in [0.1, 0.15) is 48.9 Å². The molecule has 0 nitrogen and oxygen atoms in total. The maximum absolute atomic E-state index is 14.4.